The lowest BCUT2D eigenvalue weighted by Crippen LogP contribution is -2.36. The van der Waals surface area contributed by atoms with Crippen molar-refractivity contribution < 1.29 is 18.3 Å². The van der Waals surface area contributed by atoms with Crippen LogP contribution in [-0.4, -0.2) is 36.9 Å². The van der Waals surface area contributed by atoms with Crippen LogP contribution in [-0.2, 0) is 21.2 Å². The molecule has 0 spiro atoms. The highest BCUT2D eigenvalue weighted by Gasteiger charge is 2.25. The number of hydrogen-bond donors (Lipinski definition) is 1. The van der Waals surface area contributed by atoms with Gasteiger partial charge in [0.2, 0.25) is 10.0 Å². The fourth-order valence-corrected chi connectivity index (χ4v) is 3.75. The number of hydrogen-bond acceptors (Lipinski definition) is 3. The lowest BCUT2D eigenvalue weighted by Gasteiger charge is -2.25. The number of sulfonamides is 1. The summed E-state index contributed by atoms with van der Waals surface area (Å²) in [5.74, 6) is -0.861. The van der Waals surface area contributed by atoms with E-state index < -0.39 is 16.0 Å². The van der Waals surface area contributed by atoms with Crippen LogP contribution in [0.3, 0.4) is 0 Å². The van der Waals surface area contributed by atoms with Crippen LogP contribution in [0.2, 0.25) is 0 Å². The van der Waals surface area contributed by atoms with Gasteiger partial charge in [-0.25, -0.2) is 8.42 Å². The van der Waals surface area contributed by atoms with Gasteiger partial charge in [0, 0.05) is 19.5 Å². The molecule has 1 aromatic carbocycles. The van der Waals surface area contributed by atoms with Gasteiger partial charge in [-0.15, -0.1) is 0 Å². The zero-order chi connectivity index (χ0) is 16.0. The van der Waals surface area contributed by atoms with Crippen molar-refractivity contribution in [2.24, 2.45) is 0 Å². The number of aliphatic carboxylic acids is 1. The lowest BCUT2D eigenvalue weighted by molar-refractivity contribution is -0.136. The predicted octanol–water partition coefficient (Wildman–Crippen LogP) is 2.51. The third-order valence-corrected chi connectivity index (χ3v) is 5.61. The Morgan fingerprint density at radius 3 is 2.14 bits per heavy atom. The maximum atomic E-state index is 12.5. The molecule has 0 fully saturated rings. The summed E-state index contributed by atoms with van der Waals surface area (Å²) in [5.41, 5.74) is 0.821. The monoisotopic (exact) mass is 313 g/mol. The van der Waals surface area contributed by atoms with Crippen LogP contribution in [0, 0.1) is 0 Å². The van der Waals surface area contributed by atoms with E-state index in [9.17, 15) is 13.2 Å². The first-order chi connectivity index (χ1) is 9.82. The molecule has 1 N–H and O–H groups in total. The van der Waals surface area contributed by atoms with Crippen molar-refractivity contribution in [2.75, 3.05) is 7.05 Å². The zero-order valence-electron chi connectivity index (χ0n) is 12.7. The number of carboxylic acid groups (broad SMARTS) is 1. The first kappa shape index (κ1) is 17.7. The van der Waals surface area contributed by atoms with Crippen LogP contribution < -0.4 is 0 Å². The molecule has 0 aliphatic rings. The minimum absolute atomic E-state index is 0.0123. The molecule has 0 amide bonds. The second-order valence-electron chi connectivity index (χ2n) is 5.03. The van der Waals surface area contributed by atoms with E-state index in [1.54, 1.807) is 31.3 Å². The van der Waals surface area contributed by atoms with Crippen molar-refractivity contribution in [3.63, 3.8) is 0 Å². The lowest BCUT2D eigenvalue weighted by atomic mass is 10.1. The van der Waals surface area contributed by atoms with Gasteiger partial charge in [0.25, 0.3) is 0 Å². The van der Waals surface area contributed by atoms with E-state index in [1.807, 2.05) is 13.8 Å². The number of nitrogens with zero attached hydrogens (tertiary/aromatic N) is 1. The Balaban J connectivity index is 2.91. The van der Waals surface area contributed by atoms with Gasteiger partial charge >= 0.3 is 5.97 Å². The van der Waals surface area contributed by atoms with Gasteiger partial charge in [-0.3, -0.25) is 4.79 Å². The average molecular weight is 313 g/mol. The molecule has 0 bridgehead atoms. The molecule has 21 heavy (non-hydrogen) atoms. The summed E-state index contributed by atoms with van der Waals surface area (Å²) >= 11 is 0. The number of benzene rings is 1. The molecule has 118 valence electrons. The highest BCUT2D eigenvalue weighted by molar-refractivity contribution is 7.89. The van der Waals surface area contributed by atoms with Gasteiger partial charge < -0.3 is 5.11 Å². The molecule has 6 heteroatoms. The minimum atomic E-state index is -3.49. The molecule has 0 saturated carbocycles. The molecular weight excluding hydrogens is 290 g/mol. The minimum Gasteiger partial charge on any atom is -0.481 e. The summed E-state index contributed by atoms with van der Waals surface area (Å²) in [6.07, 6.45) is 1.98. The number of carbonyl (C=O) groups is 1. The quantitative estimate of drug-likeness (QED) is 0.800. The Bertz CT molecular complexity index is 562. The maximum absolute atomic E-state index is 12.5. The molecule has 0 unspecified atom stereocenters. The third kappa shape index (κ3) is 4.54. The summed E-state index contributed by atoms with van der Waals surface area (Å²) in [6.45, 7) is 3.93. The van der Waals surface area contributed by atoms with E-state index in [0.29, 0.717) is 6.42 Å². The fourth-order valence-electron chi connectivity index (χ4n) is 2.24. The summed E-state index contributed by atoms with van der Waals surface area (Å²) in [5, 5.41) is 8.64. The van der Waals surface area contributed by atoms with Crippen LogP contribution >= 0.6 is 0 Å². The molecule has 1 rings (SSSR count). The number of rotatable bonds is 8. The maximum Gasteiger partial charge on any atom is 0.303 e. The third-order valence-electron chi connectivity index (χ3n) is 3.68. The summed E-state index contributed by atoms with van der Waals surface area (Å²) in [4.78, 5) is 10.8. The molecular formula is C15H23NO4S. The summed E-state index contributed by atoms with van der Waals surface area (Å²) < 4.78 is 26.4. The van der Waals surface area contributed by atoms with E-state index >= 15 is 0 Å². The van der Waals surface area contributed by atoms with Crippen molar-refractivity contribution in [1.29, 1.82) is 0 Å². The van der Waals surface area contributed by atoms with Gasteiger partial charge in [0.1, 0.15) is 0 Å². The van der Waals surface area contributed by atoms with Crippen molar-refractivity contribution in [3.05, 3.63) is 29.8 Å². The van der Waals surface area contributed by atoms with E-state index in [-0.39, 0.29) is 17.4 Å². The molecule has 0 radical (unpaired) electrons. The van der Waals surface area contributed by atoms with Crippen molar-refractivity contribution in [1.82, 2.24) is 4.31 Å². The number of aryl methyl sites for hydroxylation is 1. The standard InChI is InChI=1S/C15H23NO4S/c1-4-13(5-2)16(3)21(19,20)14-9-6-12(7-10-14)8-11-15(17)18/h6-7,9-10,13H,4-5,8,11H2,1-3H3,(H,17,18). The Hall–Kier alpha value is -1.40. The highest BCUT2D eigenvalue weighted by atomic mass is 32.2. The van der Waals surface area contributed by atoms with Gasteiger partial charge in [0.15, 0.2) is 0 Å². The Kier molecular flexibility index (Phi) is 6.36. The van der Waals surface area contributed by atoms with Crippen LogP contribution in [0.1, 0.15) is 38.7 Å². The Morgan fingerprint density at radius 2 is 1.71 bits per heavy atom. The first-order valence-electron chi connectivity index (χ1n) is 7.11. The smallest absolute Gasteiger partial charge is 0.303 e. The molecule has 0 aliphatic heterocycles. The molecule has 5 nitrogen and oxygen atoms in total. The molecule has 1 aromatic rings. The predicted molar refractivity (Wildman–Crippen MR) is 81.7 cm³/mol. The number of carboxylic acids is 1. The van der Waals surface area contributed by atoms with E-state index in [4.69, 9.17) is 5.11 Å². The summed E-state index contributed by atoms with van der Waals surface area (Å²) in [6, 6.07) is 6.44. The summed E-state index contributed by atoms with van der Waals surface area (Å²) in [7, 11) is -1.89. The average Bonchev–Trinajstić information content (AvgIpc) is 2.46. The van der Waals surface area contributed by atoms with Gasteiger partial charge in [-0.1, -0.05) is 26.0 Å². The largest absolute Gasteiger partial charge is 0.481 e. The molecule has 0 aliphatic carbocycles. The van der Waals surface area contributed by atoms with E-state index in [1.165, 1.54) is 4.31 Å². The second-order valence-corrected chi connectivity index (χ2v) is 7.03. The van der Waals surface area contributed by atoms with E-state index in [2.05, 4.69) is 0 Å². The van der Waals surface area contributed by atoms with Crippen molar-refractivity contribution >= 4 is 16.0 Å². The molecule has 0 heterocycles. The van der Waals surface area contributed by atoms with Gasteiger partial charge in [-0.05, 0) is 37.0 Å². The second kappa shape index (κ2) is 7.56. The zero-order valence-corrected chi connectivity index (χ0v) is 13.6. The van der Waals surface area contributed by atoms with Crippen molar-refractivity contribution in [2.45, 2.75) is 50.5 Å². The Morgan fingerprint density at radius 1 is 1.19 bits per heavy atom. The van der Waals surface area contributed by atoms with Gasteiger partial charge in [-0.2, -0.15) is 4.31 Å². The molecule has 0 aromatic heterocycles. The van der Waals surface area contributed by atoms with Crippen LogP contribution in [0.5, 0.6) is 0 Å². The molecule has 0 saturated heterocycles. The van der Waals surface area contributed by atoms with Gasteiger partial charge in [0.05, 0.1) is 4.90 Å². The topological polar surface area (TPSA) is 74.7 Å². The van der Waals surface area contributed by atoms with Crippen LogP contribution in [0.25, 0.3) is 0 Å². The van der Waals surface area contributed by atoms with Crippen LogP contribution in [0.4, 0.5) is 0 Å². The van der Waals surface area contributed by atoms with E-state index in [0.717, 1.165) is 18.4 Å². The first-order valence-corrected chi connectivity index (χ1v) is 8.55. The molecule has 0 atom stereocenters. The highest BCUT2D eigenvalue weighted by Crippen LogP contribution is 2.20. The fraction of sp³-hybridized carbons (Fsp3) is 0.533. The normalized spacial score (nSPS) is 12.0. The SMILES string of the molecule is CCC(CC)N(C)S(=O)(=O)c1ccc(CCC(=O)O)cc1. The van der Waals surface area contributed by atoms with Crippen LogP contribution in [0.15, 0.2) is 29.2 Å². The van der Waals surface area contributed by atoms with Crippen molar-refractivity contribution in [3.8, 4) is 0 Å². The Labute approximate surface area is 126 Å².